The van der Waals surface area contributed by atoms with Gasteiger partial charge in [-0.1, -0.05) is 19.3 Å². The van der Waals surface area contributed by atoms with Gasteiger partial charge in [0.2, 0.25) is 15.9 Å². The van der Waals surface area contributed by atoms with Gasteiger partial charge in [-0.2, -0.15) is 0 Å². The molecule has 1 aromatic rings. The maximum atomic E-state index is 11.7. The van der Waals surface area contributed by atoms with Crippen molar-refractivity contribution in [3.8, 4) is 0 Å². The van der Waals surface area contributed by atoms with Gasteiger partial charge in [0.05, 0.1) is 12.8 Å². The number of aromatic nitrogens is 3. The van der Waals surface area contributed by atoms with Crippen molar-refractivity contribution in [3.05, 3.63) is 12.2 Å². The monoisotopic (exact) mass is 329 g/mol. The Morgan fingerprint density at radius 1 is 1.36 bits per heavy atom. The zero-order chi connectivity index (χ0) is 16.0. The molecule has 1 heterocycles. The Labute approximate surface area is 130 Å². The van der Waals surface area contributed by atoms with Crippen molar-refractivity contribution >= 4 is 15.9 Å². The zero-order valence-corrected chi connectivity index (χ0v) is 13.6. The normalized spacial score (nSPS) is 16.6. The molecule has 1 aliphatic rings. The van der Waals surface area contributed by atoms with Gasteiger partial charge in [0.15, 0.2) is 5.82 Å². The Morgan fingerprint density at radius 2 is 2.09 bits per heavy atom. The number of carbonyl (C=O) groups excluding carboxylic acids is 1. The number of sulfonamides is 1. The average molecular weight is 329 g/mol. The van der Waals surface area contributed by atoms with Crippen molar-refractivity contribution in [1.29, 1.82) is 0 Å². The first-order valence-electron chi connectivity index (χ1n) is 7.55. The van der Waals surface area contributed by atoms with Crippen molar-refractivity contribution in [3.63, 3.8) is 0 Å². The minimum Gasteiger partial charge on any atom is -0.349 e. The van der Waals surface area contributed by atoms with Gasteiger partial charge in [-0.15, -0.1) is 10.2 Å². The molecule has 0 radical (unpaired) electrons. The van der Waals surface area contributed by atoms with Crippen molar-refractivity contribution in [2.75, 3.05) is 12.8 Å². The summed E-state index contributed by atoms with van der Waals surface area (Å²) in [5.74, 6) is 0.533. The lowest BCUT2D eigenvalue weighted by Gasteiger charge is -2.24. The van der Waals surface area contributed by atoms with Gasteiger partial charge < -0.3 is 9.88 Å². The highest BCUT2D eigenvalue weighted by molar-refractivity contribution is 7.88. The summed E-state index contributed by atoms with van der Waals surface area (Å²) in [6.07, 6.45) is 8.84. The number of amides is 1. The molecule has 1 amide bonds. The largest absolute Gasteiger partial charge is 0.349 e. The topological polar surface area (TPSA) is 106 Å². The SMILES string of the molecule is CS(=O)(=O)NCCC(=O)NCc1nncn1C1CCCCC1. The summed E-state index contributed by atoms with van der Waals surface area (Å²) in [7, 11) is -3.26. The molecule has 9 heteroatoms. The van der Waals surface area contributed by atoms with E-state index >= 15 is 0 Å². The van der Waals surface area contributed by atoms with Gasteiger partial charge in [0, 0.05) is 19.0 Å². The number of hydrogen-bond donors (Lipinski definition) is 2. The van der Waals surface area contributed by atoms with Gasteiger partial charge in [-0.25, -0.2) is 13.1 Å². The van der Waals surface area contributed by atoms with E-state index in [1.807, 2.05) is 4.57 Å². The standard InChI is InChI=1S/C13H23N5O3S/c1-22(20,21)16-8-7-13(19)14-9-12-17-15-10-18(12)11-5-3-2-4-6-11/h10-11,16H,2-9H2,1H3,(H,14,19). The third kappa shape index (κ3) is 5.38. The number of hydrogen-bond acceptors (Lipinski definition) is 5. The zero-order valence-electron chi connectivity index (χ0n) is 12.8. The van der Waals surface area contributed by atoms with Crippen LogP contribution in [-0.2, 0) is 21.4 Å². The molecule has 1 fully saturated rings. The predicted molar refractivity (Wildman–Crippen MR) is 81.5 cm³/mol. The van der Waals surface area contributed by atoms with E-state index in [2.05, 4.69) is 20.2 Å². The highest BCUT2D eigenvalue weighted by Gasteiger charge is 2.18. The van der Waals surface area contributed by atoms with E-state index in [0.717, 1.165) is 24.9 Å². The average Bonchev–Trinajstić information content (AvgIpc) is 2.93. The van der Waals surface area contributed by atoms with Gasteiger partial charge in [-0.05, 0) is 12.8 Å². The lowest BCUT2D eigenvalue weighted by molar-refractivity contribution is -0.121. The van der Waals surface area contributed by atoms with E-state index in [1.165, 1.54) is 19.3 Å². The number of rotatable bonds is 7. The molecule has 0 aromatic carbocycles. The molecule has 0 unspecified atom stereocenters. The van der Waals surface area contributed by atoms with Crippen LogP contribution >= 0.6 is 0 Å². The first-order chi connectivity index (χ1) is 10.5. The van der Waals surface area contributed by atoms with E-state index in [9.17, 15) is 13.2 Å². The molecule has 1 saturated carbocycles. The number of nitrogens with zero attached hydrogens (tertiary/aromatic N) is 3. The fourth-order valence-corrected chi connectivity index (χ4v) is 3.15. The van der Waals surface area contributed by atoms with Crippen LogP contribution in [-0.4, -0.2) is 41.9 Å². The van der Waals surface area contributed by atoms with Crippen LogP contribution in [0.15, 0.2) is 6.33 Å². The maximum absolute atomic E-state index is 11.7. The minimum atomic E-state index is -3.26. The molecular formula is C13H23N5O3S. The van der Waals surface area contributed by atoms with Crippen LogP contribution in [0.2, 0.25) is 0 Å². The second-order valence-corrected chi connectivity index (χ2v) is 7.47. The summed E-state index contributed by atoms with van der Waals surface area (Å²) in [5.41, 5.74) is 0. The van der Waals surface area contributed by atoms with Crippen LogP contribution in [0.1, 0.15) is 50.4 Å². The van der Waals surface area contributed by atoms with E-state index in [-0.39, 0.29) is 18.9 Å². The number of nitrogens with one attached hydrogen (secondary N) is 2. The molecule has 0 spiro atoms. The van der Waals surface area contributed by atoms with Crippen molar-refractivity contribution in [2.45, 2.75) is 51.1 Å². The third-order valence-corrected chi connectivity index (χ3v) is 4.50. The molecular weight excluding hydrogens is 306 g/mol. The van der Waals surface area contributed by atoms with Gasteiger partial charge in [0.25, 0.3) is 0 Å². The van der Waals surface area contributed by atoms with Gasteiger partial charge >= 0.3 is 0 Å². The molecule has 0 atom stereocenters. The smallest absolute Gasteiger partial charge is 0.221 e. The second kappa shape index (κ2) is 7.68. The van der Waals surface area contributed by atoms with E-state index in [1.54, 1.807) is 6.33 Å². The Balaban J connectivity index is 1.79. The molecule has 1 aromatic heterocycles. The second-order valence-electron chi connectivity index (χ2n) is 5.64. The molecule has 0 aliphatic heterocycles. The van der Waals surface area contributed by atoms with Crippen LogP contribution in [0.5, 0.6) is 0 Å². The number of carbonyl (C=O) groups is 1. The van der Waals surface area contributed by atoms with Crippen LogP contribution in [0, 0.1) is 0 Å². The van der Waals surface area contributed by atoms with E-state index in [0.29, 0.717) is 12.6 Å². The van der Waals surface area contributed by atoms with Gasteiger partial charge in [-0.3, -0.25) is 4.79 Å². The first kappa shape index (κ1) is 16.9. The van der Waals surface area contributed by atoms with Crippen LogP contribution in [0.4, 0.5) is 0 Å². The predicted octanol–water partition coefficient (Wildman–Crippen LogP) is 0.339. The van der Waals surface area contributed by atoms with Crippen molar-refractivity contribution in [1.82, 2.24) is 24.8 Å². The summed E-state index contributed by atoms with van der Waals surface area (Å²) >= 11 is 0. The van der Waals surface area contributed by atoms with Crippen molar-refractivity contribution in [2.24, 2.45) is 0 Å². The quantitative estimate of drug-likeness (QED) is 0.750. The molecule has 0 saturated heterocycles. The molecule has 0 bridgehead atoms. The highest BCUT2D eigenvalue weighted by atomic mass is 32.2. The molecule has 2 N–H and O–H groups in total. The molecule has 22 heavy (non-hydrogen) atoms. The molecule has 2 rings (SSSR count). The summed E-state index contributed by atoms with van der Waals surface area (Å²) in [4.78, 5) is 11.7. The van der Waals surface area contributed by atoms with E-state index in [4.69, 9.17) is 0 Å². The Hall–Kier alpha value is -1.48. The third-order valence-electron chi connectivity index (χ3n) is 3.78. The Morgan fingerprint density at radius 3 is 2.77 bits per heavy atom. The van der Waals surface area contributed by atoms with Gasteiger partial charge in [0.1, 0.15) is 6.33 Å². The Kier molecular flexibility index (Phi) is 5.90. The Bertz CT molecular complexity index is 593. The van der Waals surface area contributed by atoms with Crippen molar-refractivity contribution < 1.29 is 13.2 Å². The van der Waals surface area contributed by atoms with Crippen LogP contribution < -0.4 is 10.0 Å². The summed E-state index contributed by atoms with van der Waals surface area (Å²) in [6.45, 7) is 0.411. The summed E-state index contributed by atoms with van der Waals surface area (Å²) < 4.78 is 26.2. The lowest BCUT2D eigenvalue weighted by atomic mass is 9.95. The maximum Gasteiger partial charge on any atom is 0.221 e. The summed E-state index contributed by atoms with van der Waals surface area (Å²) in [5, 5.41) is 10.8. The van der Waals surface area contributed by atoms with Crippen LogP contribution in [0.3, 0.4) is 0 Å². The van der Waals surface area contributed by atoms with Crippen LogP contribution in [0.25, 0.3) is 0 Å². The minimum absolute atomic E-state index is 0.0972. The lowest BCUT2D eigenvalue weighted by Crippen LogP contribution is -2.30. The fourth-order valence-electron chi connectivity index (χ4n) is 2.67. The highest BCUT2D eigenvalue weighted by Crippen LogP contribution is 2.28. The van der Waals surface area contributed by atoms with E-state index < -0.39 is 10.0 Å². The fraction of sp³-hybridized carbons (Fsp3) is 0.769. The molecule has 124 valence electrons. The molecule has 1 aliphatic carbocycles. The first-order valence-corrected chi connectivity index (χ1v) is 9.44. The molecule has 8 nitrogen and oxygen atoms in total. The summed E-state index contributed by atoms with van der Waals surface area (Å²) in [6, 6.07) is 0.419.